The second-order valence-corrected chi connectivity index (χ2v) is 4.19. The number of aromatic amines is 1. The molecule has 1 aromatic carbocycles. The van der Waals surface area contributed by atoms with Crippen molar-refractivity contribution in [3.8, 4) is 11.6 Å². The Morgan fingerprint density at radius 3 is 2.88 bits per heavy atom. The van der Waals surface area contributed by atoms with Crippen LogP contribution in [0.15, 0.2) is 45.2 Å². The van der Waals surface area contributed by atoms with E-state index in [9.17, 15) is 9.90 Å². The largest absolute Gasteiger partial charge is 0.496 e. The van der Waals surface area contributed by atoms with Gasteiger partial charge in [0.1, 0.15) is 10.6 Å². The third-order valence-corrected chi connectivity index (χ3v) is 3.20. The summed E-state index contributed by atoms with van der Waals surface area (Å²) in [5.41, 5.74) is -0.381. The van der Waals surface area contributed by atoms with Gasteiger partial charge in [0.15, 0.2) is 0 Å². The Morgan fingerprint density at radius 1 is 1.41 bits per heavy atom. The number of ether oxygens (including phenoxy) is 1. The molecule has 0 aliphatic rings. The highest BCUT2D eigenvalue weighted by Gasteiger charge is 2.12. The molecule has 6 heteroatoms. The highest BCUT2D eigenvalue weighted by molar-refractivity contribution is 7.99. The van der Waals surface area contributed by atoms with Crippen molar-refractivity contribution in [3.63, 3.8) is 0 Å². The monoisotopic (exact) mass is 250 g/mol. The van der Waals surface area contributed by atoms with Gasteiger partial charge in [-0.2, -0.15) is 0 Å². The van der Waals surface area contributed by atoms with Gasteiger partial charge in [-0.25, -0.2) is 4.98 Å². The molecule has 2 N–H and O–H groups in total. The summed E-state index contributed by atoms with van der Waals surface area (Å²) in [6.45, 7) is 0. The second-order valence-electron chi connectivity index (χ2n) is 3.14. The predicted octanol–water partition coefficient (Wildman–Crippen LogP) is 1.64. The first-order chi connectivity index (χ1) is 8.22. The van der Waals surface area contributed by atoms with Crippen LogP contribution in [0.5, 0.6) is 11.6 Å². The normalized spacial score (nSPS) is 10.2. The molecule has 2 rings (SSSR count). The standard InChI is InChI=1S/C11H10N2O3S/c1-16-7-4-2-3-5-8(7)17-9-10(14)12-6-13-11(9)15/h2-6H,1H3,(H2,12,13,14,15). The zero-order chi connectivity index (χ0) is 12.3. The highest BCUT2D eigenvalue weighted by Crippen LogP contribution is 2.35. The van der Waals surface area contributed by atoms with Crippen LogP contribution in [-0.2, 0) is 0 Å². The van der Waals surface area contributed by atoms with Crippen molar-refractivity contribution < 1.29 is 9.84 Å². The Morgan fingerprint density at radius 2 is 2.18 bits per heavy atom. The van der Waals surface area contributed by atoms with E-state index in [1.807, 2.05) is 12.1 Å². The van der Waals surface area contributed by atoms with Crippen LogP contribution in [0.25, 0.3) is 0 Å². The lowest BCUT2D eigenvalue weighted by Gasteiger charge is -2.07. The summed E-state index contributed by atoms with van der Waals surface area (Å²) in [6, 6.07) is 7.24. The Balaban J connectivity index is 2.41. The van der Waals surface area contributed by atoms with Gasteiger partial charge in [-0.15, -0.1) is 0 Å². The average molecular weight is 250 g/mol. The number of nitrogens with one attached hydrogen (secondary N) is 1. The van der Waals surface area contributed by atoms with E-state index in [-0.39, 0.29) is 16.3 Å². The van der Waals surface area contributed by atoms with Crippen LogP contribution in [0.3, 0.4) is 0 Å². The van der Waals surface area contributed by atoms with E-state index < -0.39 is 0 Å². The molecule has 0 bridgehead atoms. The van der Waals surface area contributed by atoms with Crippen LogP contribution in [0, 0.1) is 0 Å². The van der Waals surface area contributed by atoms with Crippen molar-refractivity contribution in [2.24, 2.45) is 0 Å². The molecule has 0 radical (unpaired) electrons. The summed E-state index contributed by atoms with van der Waals surface area (Å²) in [5, 5.41) is 9.52. The number of aromatic hydroxyl groups is 1. The molecule has 0 unspecified atom stereocenters. The summed E-state index contributed by atoms with van der Waals surface area (Å²) >= 11 is 1.11. The fourth-order valence-corrected chi connectivity index (χ4v) is 2.20. The zero-order valence-corrected chi connectivity index (χ0v) is 9.82. The highest BCUT2D eigenvalue weighted by atomic mass is 32.2. The third-order valence-electron chi connectivity index (χ3n) is 2.07. The Hall–Kier alpha value is -1.95. The third kappa shape index (κ3) is 2.42. The fourth-order valence-electron chi connectivity index (χ4n) is 1.28. The number of nitrogens with zero attached hydrogens (tertiary/aromatic N) is 1. The molecule has 0 saturated carbocycles. The van der Waals surface area contributed by atoms with Crippen molar-refractivity contribution >= 4 is 11.8 Å². The number of hydrogen-bond donors (Lipinski definition) is 2. The molecule has 5 nitrogen and oxygen atoms in total. The molecule has 0 saturated heterocycles. The quantitative estimate of drug-likeness (QED) is 0.866. The van der Waals surface area contributed by atoms with Crippen LogP contribution in [0.1, 0.15) is 0 Å². The van der Waals surface area contributed by atoms with E-state index in [4.69, 9.17) is 4.74 Å². The van der Waals surface area contributed by atoms with Gasteiger partial charge in [-0.3, -0.25) is 4.79 Å². The van der Waals surface area contributed by atoms with Gasteiger partial charge in [-0.05, 0) is 12.1 Å². The number of methoxy groups -OCH3 is 1. The van der Waals surface area contributed by atoms with E-state index in [0.717, 1.165) is 23.0 Å². The van der Waals surface area contributed by atoms with Gasteiger partial charge in [0, 0.05) is 0 Å². The van der Waals surface area contributed by atoms with Crippen molar-refractivity contribution in [2.45, 2.75) is 9.79 Å². The maximum absolute atomic E-state index is 11.5. The number of rotatable bonds is 3. The maximum Gasteiger partial charge on any atom is 0.268 e. The lowest BCUT2D eigenvalue weighted by molar-refractivity contribution is 0.404. The number of aromatic nitrogens is 2. The van der Waals surface area contributed by atoms with Gasteiger partial charge >= 0.3 is 0 Å². The van der Waals surface area contributed by atoms with Gasteiger partial charge in [0.2, 0.25) is 5.88 Å². The van der Waals surface area contributed by atoms with E-state index in [1.165, 1.54) is 0 Å². The molecule has 0 spiro atoms. The number of benzene rings is 1. The maximum atomic E-state index is 11.5. The number of hydrogen-bond acceptors (Lipinski definition) is 5. The molecule has 0 atom stereocenters. The topological polar surface area (TPSA) is 75.2 Å². The molecule has 0 aliphatic heterocycles. The molecule has 0 aliphatic carbocycles. The van der Waals surface area contributed by atoms with Crippen LogP contribution < -0.4 is 10.3 Å². The van der Waals surface area contributed by atoms with Crippen molar-refractivity contribution in [2.75, 3.05) is 7.11 Å². The lowest BCUT2D eigenvalue weighted by atomic mass is 10.3. The van der Waals surface area contributed by atoms with Crippen LogP contribution in [0.2, 0.25) is 0 Å². The number of H-pyrrole nitrogens is 1. The molecule has 1 aromatic heterocycles. The van der Waals surface area contributed by atoms with Crippen molar-refractivity contribution in [1.29, 1.82) is 0 Å². The first-order valence-corrected chi connectivity index (χ1v) is 5.61. The smallest absolute Gasteiger partial charge is 0.268 e. The molecule has 88 valence electrons. The minimum absolute atomic E-state index is 0.150. The summed E-state index contributed by atoms with van der Waals surface area (Å²) in [6.07, 6.45) is 1.16. The summed E-state index contributed by atoms with van der Waals surface area (Å²) in [4.78, 5) is 18.5. The predicted molar refractivity (Wildman–Crippen MR) is 63.6 cm³/mol. The molecular formula is C11H10N2O3S. The summed E-state index contributed by atoms with van der Waals surface area (Å²) < 4.78 is 5.16. The molecule has 17 heavy (non-hydrogen) atoms. The summed E-state index contributed by atoms with van der Waals surface area (Å²) in [7, 11) is 1.55. The Kier molecular flexibility index (Phi) is 3.34. The van der Waals surface area contributed by atoms with E-state index in [2.05, 4.69) is 9.97 Å². The van der Waals surface area contributed by atoms with Crippen molar-refractivity contribution in [3.05, 3.63) is 40.9 Å². The first-order valence-electron chi connectivity index (χ1n) is 4.80. The molecule has 2 aromatic rings. The van der Waals surface area contributed by atoms with E-state index in [1.54, 1.807) is 19.2 Å². The average Bonchev–Trinajstić information content (AvgIpc) is 2.34. The molecule has 0 fully saturated rings. The lowest BCUT2D eigenvalue weighted by Crippen LogP contribution is -2.08. The Labute approximate surface area is 101 Å². The van der Waals surface area contributed by atoms with Crippen LogP contribution >= 0.6 is 11.8 Å². The van der Waals surface area contributed by atoms with Gasteiger partial charge in [0.05, 0.1) is 18.3 Å². The van der Waals surface area contributed by atoms with Crippen molar-refractivity contribution in [1.82, 2.24) is 9.97 Å². The SMILES string of the molecule is COc1ccccc1Sc1c(O)nc[nH]c1=O. The molecule has 1 heterocycles. The van der Waals surface area contributed by atoms with E-state index in [0.29, 0.717) is 5.75 Å². The van der Waals surface area contributed by atoms with Crippen LogP contribution in [-0.4, -0.2) is 22.2 Å². The van der Waals surface area contributed by atoms with Gasteiger partial charge in [0.25, 0.3) is 5.56 Å². The van der Waals surface area contributed by atoms with Crippen LogP contribution in [0.4, 0.5) is 0 Å². The second kappa shape index (κ2) is 4.92. The number of para-hydroxylation sites is 1. The minimum atomic E-state index is -0.381. The minimum Gasteiger partial charge on any atom is -0.496 e. The summed E-state index contributed by atoms with van der Waals surface area (Å²) in [5.74, 6) is 0.352. The van der Waals surface area contributed by atoms with Gasteiger partial charge in [-0.1, -0.05) is 23.9 Å². The van der Waals surface area contributed by atoms with E-state index >= 15 is 0 Å². The van der Waals surface area contributed by atoms with Gasteiger partial charge < -0.3 is 14.8 Å². The first kappa shape index (κ1) is 11.5. The molecule has 0 amide bonds. The zero-order valence-electron chi connectivity index (χ0n) is 9.01. The Bertz CT molecular complexity index is 583. The molecular weight excluding hydrogens is 240 g/mol. The fraction of sp³-hybridized carbons (Fsp3) is 0.0909.